The molecular weight excluding hydrogens is 426 g/mol. The summed E-state index contributed by atoms with van der Waals surface area (Å²) in [5.74, 6) is 0.367. The van der Waals surface area contributed by atoms with Gasteiger partial charge in [-0.2, -0.15) is 0 Å². The van der Waals surface area contributed by atoms with Crippen LogP contribution >= 0.6 is 22.9 Å². The highest BCUT2D eigenvalue weighted by Gasteiger charge is 2.21. The van der Waals surface area contributed by atoms with Gasteiger partial charge in [0.2, 0.25) is 0 Å². The lowest BCUT2D eigenvalue weighted by molar-refractivity contribution is -0.123. The molecule has 0 saturated heterocycles. The Bertz CT molecular complexity index is 1100. The number of rotatable bonds is 5. The van der Waals surface area contributed by atoms with Gasteiger partial charge in [-0.25, -0.2) is 4.79 Å². The smallest absolute Gasteiger partial charge is 0.349 e. The van der Waals surface area contributed by atoms with Crippen molar-refractivity contribution in [2.75, 3.05) is 18.5 Å². The monoisotopic (exact) mass is 443 g/mol. The summed E-state index contributed by atoms with van der Waals surface area (Å²) in [5.41, 5.74) is 1.37. The summed E-state index contributed by atoms with van der Waals surface area (Å²) >= 11 is 7.32. The van der Waals surface area contributed by atoms with Crippen molar-refractivity contribution in [3.05, 3.63) is 64.5 Å². The highest BCUT2D eigenvalue weighted by molar-refractivity contribution is 7.17. The van der Waals surface area contributed by atoms with Crippen molar-refractivity contribution < 1.29 is 23.8 Å². The van der Waals surface area contributed by atoms with E-state index in [-0.39, 0.29) is 0 Å². The molecule has 0 fully saturated rings. The molecule has 1 N–H and O–H groups in total. The molecule has 3 aromatic rings. The first-order valence-corrected chi connectivity index (χ1v) is 10.5. The molecule has 1 aliphatic rings. The summed E-state index contributed by atoms with van der Waals surface area (Å²) in [5, 5.41) is 3.07. The Balaban J connectivity index is 1.41. The summed E-state index contributed by atoms with van der Waals surface area (Å²) in [7, 11) is 0. The summed E-state index contributed by atoms with van der Waals surface area (Å²) in [6, 6.07) is 16.0. The van der Waals surface area contributed by atoms with Crippen LogP contribution in [-0.4, -0.2) is 31.2 Å². The second-order valence-electron chi connectivity index (χ2n) is 6.54. The fourth-order valence-electron chi connectivity index (χ4n) is 2.87. The number of halogens is 1. The molecule has 0 bridgehead atoms. The van der Waals surface area contributed by atoms with E-state index in [1.807, 2.05) is 24.3 Å². The van der Waals surface area contributed by atoms with Crippen LogP contribution in [0, 0.1) is 0 Å². The number of nitrogens with one attached hydrogen (secondary N) is 1. The van der Waals surface area contributed by atoms with E-state index in [1.165, 1.54) is 18.3 Å². The van der Waals surface area contributed by atoms with Gasteiger partial charge in [-0.05, 0) is 55.0 Å². The van der Waals surface area contributed by atoms with Crippen LogP contribution < -0.4 is 14.8 Å². The lowest BCUT2D eigenvalue weighted by Crippen LogP contribution is -2.29. The van der Waals surface area contributed by atoms with Gasteiger partial charge in [-0.1, -0.05) is 23.7 Å². The number of hydrogen-bond acceptors (Lipinski definition) is 6. The van der Waals surface area contributed by atoms with Gasteiger partial charge < -0.3 is 19.5 Å². The minimum absolute atomic E-state index is 0.400. The number of carbonyl (C=O) groups is 2. The molecule has 154 valence electrons. The van der Waals surface area contributed by atoms with Gasteiger partial charge in [0.1, 0.15) is 18.1 Å². The molecule has 8 heteroatoms. The minimum atomic E-state index is -0.978. The van der Waals surface area contributed by atoms with Gasteiger partial charge in [0.05, 0.1) is 10.7 Å². The Morgan fingerprint density at radius 3 is 2.63 bits per heavy atom. The van der Waals surface area contributed by atoms with E-state index in [1.54, 1.807) is 30.3 Å². The molecule has 1 aromatic heterocycles. The molecule has 1 unspecified atom stereocenters. The van der Waals surface area contributed by atoms with E-state index in [2.05, 4.69) is 5.32 Å². The number of para-hydroxylation sites is 1. The van der Waals surface area contributed by atoms with Crippen LogP contribution in [0.15, 0.2) is 54.6 Å². The minimum Gasteiger partial charge on any atom is -0.486 e. The Labute approximate surface area is 182 Å². The number of hydrogen-bond donors (Lipinski definition) is 1. The normalized spacial score (nSPS) is 13.4. The maximum atomic E-state index is 12.5. The molecular formula is C22H18ClNO5S. The van der Waals surface area contributed by atoms with Crippen LogP contribution in [-0.2, 0) is 9.53 Å². The first kappa shape index (κ1) is 20.3. The maximum absolute atomic E-state index is 12.5. The lowest BCUT2D eigenvalue weighted by atomic mass is 10.1. The Hall–Kier alpha value is -3.03. The molecule has 6 nitrogen and oxygen atoms in total. The van der Waals surface area contributed by atoms with Crippen LogP contribution in [0.2, 0.25) is 5.02 Å². The molecule has 2 aromatic carbocycles. The zero-order chi connectivity index (χ0) is 21.1. The van der Waals surface area contributed by atoms with E-state index >= 15 is 0 Å². The first-order valence-electron chi connectivity index (χ1n) is 9.27. The first-order chi connectivity index (χ1) is 14.5. The lowest BCUT2D eigenvalue weighted by Gasteiger charge is -2.18. The number of benzene rings is 2. The van der Waals surface area contributed by atoms with E-state index in [9.17, 15) is 9.59 Å². The number of thiophene rings is 1. The molecule has 4 rings (SSSR count). The van der Waals surface area contributed by atoms with Gasteiger partial charge in [-0.3, -0.25) is 4.79 Å². The number of fused-ring (bicyclic) bond motifs is 1. The van der Waals surface area contributed by atoms with Crippen molar-refractivity contribution in [3.8, 4) is 21.9 Å². The Morgan fingerprint density at radius 1 is 1.07 bits per heavy atom. The Morgan fingerprint density at radius 2 is 1.83 bits per heavy atom. The van der Waals surface area contributed by atoms with Crippen molar-refractivity contribution in [1.82, 2.24) is 0 Å². The second kappa shape index (κ2) is 8.77. The molecule has 1 atom stereocenters. The van der Waals surface area contributed by atoms with Gasteiger partial charge in [0.25, 0.3) is 5.91 Å². The largest absolute Gasteiger partial charge is 0.486 e. The topological polar surface area (TPSA) is 73.9 Å². The van der Waals surface area contributed by atoms with Crippen molar-refractivity contribution >= 4 is 40.5 Å². The predicted molar refractivity (Wildman–Crippen MR) is 116 cm³/mol. The third-order valence-corrected chi connectivity index (χ3v) is 5.86. The number of anilines is 1. The van der Waals surface area contributed by atoms with Gasteiger partial charge in [0.15, 0.2) is 17.6 Å². The Kier molecular flexibility index (Phi) is 5.92. The van der Waals surface area contributed by atoms with Crippen LogP contribution in [0.25, 0.3) is 10.4 Å². The summed E-state index contributed by atoms with van der Waals surface area (Å²) in [6.45, 7) is 2.55. The SMILES string of the molecule is CC(OC(=O)c1ccc(-c2ccc3c(c2)OCCO3)s1)C(=O)Nc1ccccc1Cl. The average molecular weight is 444 g/mol. The third-order valence-electron chi connectivity index (χ3n) is 4.42. The van der Waals surface area contributed by atoms with Crippen molar-refractivity contribution in [2.45, 2.75) is 13.0 Å². The number of amides is 1. The maximum Gasteiger partial charge on any atom is 0.349 e. The molecule has 1 aliphatic heterocycles. The van der Waals surface area contributed by atoms with E-state index < -0.39 is 18.0 Å². The molecule has 0 radical (unpaired) electrons. The standard InChI is InChI=1S/C22H18ClNO5S/c1-13(21(25)24-16-5-3-2-4-15(16)23)29-22(26)20-9-8-19(30-20)14-6-7-17-18(12-14)28-11-10-27-17/h2-9,12-13H,10-11H2,1H3,(H,24,25). The van der Waals surface area contributed by atoms with Crippen LogP contribution in [0.5, 0.6) is 11.5 Å². The highest BCUT2D eigenvalue weighted by Crippen LogP contribution is 2.37. The molecule has 2 heterocycles. The van der Waals surface area contributed by atoms with Gasteiger partial charge in [0, 0.05) is 4.88 Å². The molecule has 0 aliphatic carbocycles. The molecule has 1 amide bonds. The van der Waals surface area contributed by atoms with Crippen LogP contribution in [0.3, 0.4) is 0 Å². The van der Waals surface area contributed by atoms with Crippen molar-refractivity contribution in [3.63, 3.8) is 0 Å². The molecule has 0 saturated carbocycles. The third kappa shape index (κ3) is 4.42. The zero-order valence-corrected chi connectivity index (χ0v) is 17.6. The molecule has 30 heavy (non-hydrogen) atoms. The van der Waals surface area contributed by atoms with Crippen LogP contribution in [0.1, 0.15) is 16.6 Å². The summed E-state index contributed by atoms with van der Waals surface area (Å²) < 4.78 is 16.5. The fourth-order valence-corrected chi connectivity index (χ4v) is 3.94. The second-order valence-corrected chi connectivity index (χ2v) is 8.03. The zero-order valence-electron chi connectivity index (χ0n) is 16.0. The van der Waals surface area contributed by atoms with E-state index in [0.29, 0.717) is 40.3 Å². The number of esters is 1. The summed E-state index contributed by atoms with van der Waals surface area (Å²) in [6.07, 6.45) is -0.978. The van der Waals surface area contributed by atoms with Crippen molar-refractivity contribution in [1.29, 1.82) is 0 Å². The van der Waals surface area contributed by atoms with E-state index in [0.717, 1.165) is 10.4 Å². The average Bonchev–Trinajstić information content (AvgIpc) is 3.25. The van der Waals surface area contributed by atoms with Gasteiger partial charge >= 0.3 is 5.97 Å². The highest BCUT2D eigenvalue weighted by atomic mass is 35.5. The van der Waals surface area contributed by atoms with Crippen molar-refractivity contribution in [2.24, 2.45) is 0 Å². The summed E-state index contributed by atoms with van der Waals surface area (Å²) in [4.78, 5) is 26.1. The molecule has 0 spiro atoms. The van der Waals surface area contributed by atoms with Crippen LogP contribution in [0.4, 0.5) is 5.69 Å². The number of ether oxygens (including phenoxy) is 3. The predicted octanol–water partition coefficient (Wildman–Crippen LogP) is 5.02. The fraction of sp³-hybridized carbons (Fsp3) is 0.182. The van der Waals surface area contributed by atoms with E-state index in [4.69, 9.17) is 25.8 Å². The number of carbonyl (C=O) groups excluding carboxylic acids is 2. The van der Waals surface area contributed by atoms with Gasteiger partial charge in [-0.15, -0.1) is 11.3 Å². The quantitative estimate of drug-likeness (QED) is 0.560.